The third-order valence-corrected chi connectivity index (χ3v) is 5.71. The molecular weight excluding hydrogens is 461 g/mol. The van der Waals surface area contributed by atoms with Crippen molar-refractivity contribution in [2.45, 2.75) is 32.3 Å². The van der Waals surface area contributed by atoms with Gasteiger partial charge in [0.1, 0.15) is 29.3 Å². The Labute approximate surface area is 202 Å². The standard InChI is InChI=1S/C24H27ClFN5O3/c1-24(2)13-31(12-22(32)34-24)7-3-4-8-33-21-11-20-16(10-19(21)27)23(29-14-28-20)30-15-5-6-18(26)17(25)9-15/h5-6,9-11,14H,3-4,7-8,12-13,27H2,1-2H3,(H,28,29,30). The van der Waals surface area contributed by atoms with Crippen molar-refractivity contribution in [2.75, 3.05) is 37.3 Å². The first-order chi connectivity index (χ1) is 16.2. The number of morpholine rings is 1. The summed E-state index contributed by atoms with van der Waals surface area (Å²) in [6, 6.07) is 7.87. The van der Waals surface area contributed by atoms with Crippen LogP contribution in [0.1, 0.15) is 26.7 Å². The van der Waals surface area contributed by atoms with Crippen molar-refractivity contribution in [1.29, 1.82) is 0 Å². The summed E-state index contributed by atoms with van der Waals surface area (Å²) in [6.07, 6.45) is 3.12. The lowest BCUT2D eigenvalue weighted by molar-refractivity contribution is -0.169. The van der Waals surface area contributed by atoms with Crippen LogP contribution in [0.15, 0.2) is 36.7 Å². The molecular formula is C24H27ClFN5O3. The summed E-state index contributed by atoms with van der Waals surface area (Å²) in [5.74, 6) is 0.390. The fourth-order valence-corrected chi connectivity index (χ4v) is 4.14. The lowest BCUT2D eigenvalue weighted by Gasteiger charge is -2.37. The van der Waals surface area contributed by atoms with E-state index < -0.39 is 11.4 Å². The zero-order valence-corrected chi connectivity index (χ0v) is 19.9. The van der Waals surface area contributed by atoms with E-state index in [2.05, 4.69) is 20.2 Å². The Kier molecular flexibility index (Phi) is 7.04. The number of hydrogen-bond donors (Lipinski definition) is 2. The number of nitrogens with zero attached hydrogens (tertiary/aromatic N) is 3. The van der Waals surface area contributed by atoms with Crippen molar-refractivity contribution in [3.63, 3.8) is 0 Å². The van der Waals surface area contributed by atoms with Gasteiger partial charge in [0.2, 0.25) is 0 Å². The monoisotopic (exact) mass is 487 g/mol. The fourth-order valence-electron chi connectivity index (χ4n) is 3.96. The van der Waals surface area contributed by atoms with Crippen LogP contribution in [0.4, 0.5) is 21.6 Å². The Bertz CT molecular complexity index is 1210. The van der Waals surface area contributed by atoms with E-state index in [9.17, 15) is 9.18 Å². The van der Waals surface area contributed by atoms with Crippen molar-refractivity contribution in [2.24, 2.45) is 0 Å². The highest BCUT2D eigenvalue weighted by Crippen LogP contribution is 2.32. The minimum Gasteiger partial charge on any atom is -0.491 e. The number of nitrogens with one attached hydrogen (secondary N) is 1. The highest BCUT2D eigenvalue weighted by molar-refractivity contribution is 6.31. The average molecular weight is 488 g/mol. The van der Waals surface area contributed by atoms with Gasteiger partial charge in [0.05, 0.1) is 29.4 Å². The summed E-state index contributed by atoms with van der Waals surface area (Å²) >= 11 is 5.87. The first kappa shape index (κ1) is 24.0. The molecule has 180 valence electrons. The molecule has 1 aliphatic heterocycles. The van der Waals surface area contributed by atoms with E-state index >= 15 is 0 Å². The van der Waals surface area contributed by atoms with Crippen molar-refractivity contribution in [3.05, 3.63) is 47.5 Å². The van der Waals surface area contributed by atoms with Crippen LogP contribution in [-0.4, -0.2) is 52.7 Å². The summed E-state index contributed by atoms with van der Waals surface area (Å²) in [6.45, 7) is 6.16. The van der Waals surface area contributed by atoms with Gasteiger partial charge >= 0.3 is 5.97 Å². The van der Waals surface area contributed by atoms with E-state index in [-0.39, 0.29) is 11.0 Å². The van der Waals surface area contributed by atoms with E-state index in [4.69, 9.17) is 26.8 Å². The number of hydrogen-bond acceptors (Lipinski definition) is 8. The third-order valence-electron chi connectivity index (χ3n) is 5.42. The molecule has 10 heteroatoms. The molecule has 1 aromatic heterocycles. The van der Waals surface area contributed by atoms with Gasteiger partial charge in [0.15, 0.2) is 0 Å². The number of aromatic nitrogens is 2. The van der Waals surface area contributed by atoms with Crippen LogP contribution in [0, 0.1) is 5.82 Å². The number of benzene rings is 2. The van der Waals surface area contributed by atoms with Gasteiger partial charge in [0, 0.05) is 23.7 Å². The Morgan fingerprint density at radius 2 is 2.09 bits per heavy atom. The van der Waals surface area contributed by atoms with Gasteiger partial charge < -0.3 is 20.5 Å². The molecule has 0 bridgehead atoms. The lowest BCUT2D eigenvalue weighted by atomic mass is 10.1. The zero-order chi connectivity index (χ0) is 24.3. The molecule has 4 rings (SSSR count). The number of carbonyl (C=O) groups is 1. The molecule has 3 aromatic rings. The number of carbonyl (C=O) groups excluding carboxylic acids is 1. The number of rotatable bonds is 8. The minimum absolute atomic E-state index is 0.0162. The van der Waals surface area contributed by atoms with E-state index in [1.54, 1.807) is 18.2 Å². The molecule has 0 spiro atoms. The number of esters is 1. The molecule has 3 N–H and O–H groups in total. The molecule has 8 nitrogen and oxygen atoms in total. The molecule has 0 aliphatic carbocycles. The summed E-state index contributed by atoms with van der Waals surface area (Å²) in [7, 11) is 0. The molecule has 0 unspecified atom stereocenters. The van der Waals surface area contributed by atoms with E-state index in [1.165, 1.54) is 18.5 Å². The minimum atomic E-state index is -0.493. The molecule has 0 atom stereocenters. The third kappa shape index (κ3) is 5.84. The van der Waals surface area contributed by atoms with Crippen LogP contribution in [0.2, 0.25) is 5.02 Å². The maximum absolute atomic E-state index is 13.4. The number of anilines is 3. The SMILES string of the molecule is CC1(C)CN(CCCCOc2cc3ncnc(Nc4ccc(F)c(Cl)c4)c3cc2N)CC(=O)O1. The number of fused-ring (bicyclic) bond motifs is 1. The van der Waals surface area contributed by atoms with Crippen LogP contribution >= 0.6 is 11.6 Å². The van der Waals surface area contributed by atoms with Gasteiger partial charge in [0.25, 0.3) is 0 Å². The van der Waals surface area contributed by atoms with Crippen molar-refractivity contribution in [1.82, 2.24) is 14.9 Å². The molecule has 1 fully saturated rings. The van der Waals surface area contributed by atoms with Crippen LogP contribution in [0.5, 0.6) is 5.75 Å². The Morgan fingerprint density at radius 3 is 2.85 bits per heavy atom. The van der Waals surface area contributed by atoms with Crippen molar-refractivity contribution in [3.8, 4) is 5.75 Å². The van der Waals surface area contributed by atoms with Crippen molar-refractivity contribution >= 4 is 45.7 Å². The summed E-state index contributed by atoms with van der Waals surface area (Å²) in [5, 5.41) is 3.84. The average Bonchev–Trinajstić information content (AvgIpc) is 2.75. The molecule has 1 saturated heterocycles. The molecule has 0 amide bonds. The largest absolute Gasteiger partial charge is 0.491 e. The number of nitrogen functional groups attached to an aromatic ring is 1. The summed E-state index contributed by atoms with van der Waals surface area (Å²) in [4.78, 5) is 22.4. The Morgan fingerprint density at radius 1 is 1.26 bits per heavy atom. The maximum atomic E-state index is 13.4. The van der Waals surface area contributed by atoms with Gasteiger partial charge in [-0.25, -0.2) is 14.4 Å². The maximum Gasteiger partial charge on any atom is 0.320 e. The molecule has 0 radical (unpaired) electrons. The first-order valence-corrected chi connectivity index (χ1v) is 11.4. The number of cyclic esters (lactones) is 1. The predicted molar refractivity (Wildman–Crippen MR) is 130 cm³/mol. The smallest absolute Gasteiger partial charge is 0.320 e. The first-order valence-electron chi connectivity index (χ1n) is 11.0. The van der Waals surface area contributed by atoms with E-state index in [0.717, 1.165) is 25.9 Å². The zero-order valence-electron chi connectivity index (χ0n) is 19.1. The van der Waals surface area contributed by atoms with Gasteiger partial charge in [-0.3, -0.25) is 9.69 Å². The predicted octanol–water partition coefficient (Wildman–Crippen LogP) is 4.54. The van der Waals surface area contributed by atoms with Crippen LogP contribution in [0.3, 0.4) is 0 Å². The van der Waals surface area contributed by atoms with Crippen molar-refractivity contribution < 1.29 is 18.7 Å². The van der Waals surface area contributed by atoms with Gasteiger partial charge in [-0.05, 0) is 57.5 Å². The quantitative estimate of drug-likeness (QED) is 0.271. The van der Waals surface area contributed by atoms with Crippen LogP contribution < -0.4 is 15.8 Å². The normalized spacial score (nSPS) is 15.8. The topological polar surface area (TPSA) is 103 Å². The van der Waals surface area contributed by atoms with Gasteiger partial charge in [-0.2, -0.15) is 0 Å². The molecule has 0 saturated carbocycles. The van der Waals surface area contributed by atoms with Gasteiger partial charge in [-0.1, -0.05) is 11.6 Å². The second kappa shape index (κ2) is 9.99. The number of nitrogens with two attached hydrogens (primary N) is 1. The van der Waals surface area contributed by atoms with E-state index in [0.29, 0.717) is 47.0 Å². The summed E-state index contributed by atoms with van der Waals surface area (Å²) in [5.41, 5.74) is 7.49. The number of ether oxygens (including phenoxy) is 2. The highest BCUT2D eigenvalue weighted by atomic mass is 35.5. The molecule has 2 aromatic carbocycles. The number of unbranched alkanes of at least 4 members (excludes halogenated alkanes) is 1. The molecule has 34 heavy (non-hydrogen) atoms. The number of halogens is 2. The van der Waals surface area contributed by atoms with Crippen LogP contribution in [-0.2, 0) is 9.53 Å². The lowest BCUT2D eigenvalue weighted by Crippen LogP contribution is -2.50. The Hall–Kier alpha value is -3.17. The Balaban J connectivity index is 1.36. The van der Waals surface area contributed by atoms with Crippen LogP contribution in [0.25, 0.3) is 10.9 Å². The highest BCUT2D eigenvalue weighted by Gasteiger charge is 2.32. The van der Waals surface area contributed by atoms with E-state index in [1.807, 2.05) is 13.8 Å². The molecule has 1 aliphatic rings. The fraction of sp³-hybridized carbons (Fsp3) is 0.375. The summed E-state index contributed by atoms with van der Waals surface area (Å²) < 4.78 is 24.7. The second-order valence-electron chi connectivity index (χ2n) is 8.88. The molecule has 2 heterocycles. The van der Waals surface area contributed by atoms with Gasteiger partial charge in [-0.15, -0.1) is 0 Å². The second-order valence-corrected chi connectivity index (χ2v) is 9.29.